The lowest BCUT2D eigenvalue weighted by atomic mass is 10.0. The highest BCUT2D eigenvalue weighted by atomic mass is 16.5. The van der Waals surface area contributed by atoms with Crippen molar-refractivity contribution in [2.75, 3.05) is 33.4 Å². The number of aryl methyl sites for hydroxylation is 2. The van der Waals surface area contributed by atoms with Gasteiger partial charge in [-0.2, -0.15) is 5.10 Å². The number of hydrogen-bond acceptors (Lipinski definition) is 4. The van der Waals surface area contributed by atoms with Crippen LogP contribution < -0.4 is 5.32 Å². The van der Waals surface area contributed by atoms with E-state index in [0.29, 0.717) is 25.7 Å². The van der Waals surface area contributed by atoms with Crippen molar-refractivity contribution in [3.63, 3.8) is 0 Å². The fraction of sp³-hybridized carbons (Fsp3) is 0.765. The summed E-state index contributed by atoms with van der Waals surface area (Å²) in [6.45, 7) is 7.83. The molecule has 2 heterocycles. The van der Waals surface area contributed by atoms with Gasteiger partial charge in [0.25, 0.3) is 0 Å². The van der Waals surface area contributed by atoms with E-state index >= 15 is 0 Å². The molecule has 1 aromatic rings. The molecule has 1 fully saturated rings. The van der Waals surface area contributed by atoms with Crippen molar-refractivity contribution in [2.45, 2.75) is 52.1 Å². The lowest BCUT2D eigenvalue weighted by Crippen LogP contribution is -2.47. The van der Waals surface area contributed by atoms with Gasteiger partial charge in [0.1, 0.15) is 0 Å². The number of likely N-dealkylation sites (tertiary alicyclic amines) is 1. The second kappa shape index (κ2) is 9.03. The van der Waals surface area contributed by atoms with E-state index in [1.54, 1.807) is 7.11 Å². The molecule has 1 saturated heterocycles. The van der Waals surface area contributed by atoms with Crippen molar-refractivity contribution < 1.29 is 9.53 Å². The average molecular weight is 322 g/mol. The van der Waals surface area contributed by atoms with Crippen LogP contribution in [0.2, 0.25) is 0 Å². The molecule has 0 aromatic carbocycles. The first-order valence-corrected chi connectivity index (χ1v) is 8.61. The van der Waals surface area contributed by atoms with Crippen LogP contribution in [-0.2, 0) is 16.1 Å². The van der Waals surface area contributed by atoms with Gasteiger partial charge in [-0.3, -0.25) is 14.4 Å². The first-order chi connectivity index (χ1) is 11.1. The monoisotopic (exact) mass is 322 g/mol. The normalized spacial score (nSPS) is 19.0. The molecule has 0 radical (unpaired) electrons. The van der Waals surface area contributed by atoms with Crippen LogP contribution in [0.3, 0.4) is 0 Å². The summed E-state index contributed by atoms with van der Waals surface area (Å²) < 4.78 is 7.08. The van der Waals surface area contributed by atoms with E-state index in [1.807, 2.05) is 6.92 Å². The van der Waals surface area contributed by atoms with Crippen LogP contribution in [0.5, 0.6) is 0 Å². The topological polar surface area (TPSA) is 59.4 Å². The molecule has 1 N–H and O–H groups in total. The third kappa shape index (κ3) is 5.62. The number of nitrogens with zero attached hydrogens (tertiary/aromatic N) is 3. The summed E-state index contributed by atoms with van der Waals surface area (Å²) in [5.41, 5.74) is 2.25. The maximum Gasteiger partial charge on any atom is 0.234 e. The van der Waals surface area contributed by atoms with Crippen LogP contribution in [0.15, 0.2) is 6.07 Å². The number of methoxy groups -OCH3 is 1. The Hall–Kier alpha value is -1.40. The van der Waals surface area contributed by atoms with E-state index in [1.165, 1.54) is 18.5 Å². The highest BCUT2D eigenvalue weighted by Gasteiger charge is 2.25. The van der Waals surface area contributed by atoms with Gasteiger partial charge in [0, 0.05) is 32.0 Å². The number of aromatic nitrogens is 2. The molecule has 0 saturated carbocycles. The third-order valence-electron chi connectivity index (χ3n) is 4.43. The van der Waals surface area contributed by atoms with E-state index in [-0.39, 0.29) is 5.91 Å². The predicted molar refractivity (Wildman–Crippen MR) is 90.4 cm³/mol. The van der Waals surface area contributed by atoms with Crippen molar-refractivity contribution in [3.8, 4) is 0 Å². The van der Waals surface area contributed by atoms with Crippen molar-refractivity contribution in [3.05, 3.63) is 17.5 Å². The Bertz CT molecular complexity index is 501. The fourth-order valence-electron chi connectivity index (χ4n) is 3.22. The van der Waals surface area contributed by atoms with Gasteiger partial charge in [0.05, 0.1) is 18.8 Å². The first kappa shape index (κ1) is 17.9. The molecule has 1 amide bonds. The predicted octanol–water partition coefficient (Wildman–Crippen LogP) is 1.51. The van der Waals surface area contributed by atoms with E-state index < -0.39 is 0 Å². The zero-order valence-corrected chi connectivity index (χ0v) is 14.7. The van der Waals surface area contributed by atoms with Gasteiger partial charge in [-0.15, -0.1) is 0 Å². The molecular weight excluding hydrogens is 292 g/mol. The highest BCUT2D eigenvalue weighted by molar-refractivity contribution is 5.78. The summed E-state index contributed by atoms with van der Waals surface area (Å²) in [7, 11) is 1.68. The van der Waals surface area contributed by atoms with Gasteiger partial charge in [-0.05, 0) is 45.7 Å². The average Bonchev–Trinajstić information content (AvgIpc) is 2.83. The summed E-state index contributed by atoms with van der Waals surface area (Å²) in [6, 6.07) is 2.50. The number of carbonyl (C=O) groups is 1. The summed E-state index contributed by atoms with van der Waals surface area (Å²) in [5.74, 6) is 0.112. The summed E-state index contributed by atoms with van der Waals surface area (Å²) in [6.07, 6.45) is 4.40. The molecule has 130 valence electrons. The van der Waals surface area contributed by atoms with Gasteiger partial charge in [-0.1, -0.05) is 6.42 Å². The Morgan fingerprint density at radius 3 is 2.96 bits per heavy atom. The quantitative estimate of drug-likeness (QED) is 0.737. The van der Waals surface area contributed by atoms with Crippen LogP contribution in [0.4, 0.5) is 0 Å². The second-order valence-electron chi connectivity index (χ2n) is 6.43. The Morgan fingerprint density at radius 2 is 2.26 bits per heavy atom. The standard InChI is InChI=1S/C17H30N4O2/c1-14-11-15(2)21(19-14)12-16-7-4-5-9-20(16)13-17(22)18-8-6-10-23-3/h11,16H,4-10,12-13H2,1-3H3,(H,18,22)/t16-/m1/s1. The SMILES string of the molecule is COCCCNC(=O)CN1CCCC[C@@H]1Cn1nc(C)cc1C. The van der Waals surface area contributed by atoms with E-state index in [0.717, 1.165) is 31.6 Å². The minimum Gasteiger partial charge on any atom is -0.385 e. The van der Waals surface area contributed by atoms with Crippen LogP contribution in [0, 0.1) is 13.8 Å². The second-order valence-corrected chi connectivity index (χ2v) is 6.43. The van der Waals surface area contributed by atoms with Gasteiger partial charge in [0.15, 0.2) is 0 Å². The van der Waals surface area contributed by atoms with Crippen LogP contribution >= 0.6 is 0 Å². The van der Waals surface area contributed by atoms with Gasteiger partial charge >= 0.3 is 0 Å². The minimum atomic E-state index is 0.112. The fourth-order valence-corrected chi connectivity index (χ4v) is 3.22. The van der Waals surface area contributed by atoms with Gasteiger partial charge in [-0.25, -0.2) is 0 Å². The first-order valence-electron chi connectivity index (χ1n) is 8.61. The lowest BCUT2D eigenvalue weighted by molar-refractivity contribution is -0.123. The Kier molecular flexibility index (Phi) is 7.05. The molecule has 23 heavy (non-hydrogen) atoms. The molecule has 0 spiro atoms. The van der Waals surface area contributed by atoms with Crippen molar-refractivity contribution in [1.29, 1.82) is 0 Å². The van der Waals surface area contributed by atoms with Crippen molar-refractivity contribution in [1.82, 2.24) is 20.0 Å². The number of amides is 1. The molecular formula is C17H30N4O2. The largest absolute Gasteiger partial charge is 0.385 e. The number of ether oxygens (including phenoxy) is 1. The molecule has 1 aromatic heterocycles. The van der Waals surface area contributed by atoms with Crippen LogP contribution in [0.1, 0.15) is 37.1 Å². The van der Waals surface area contributed by atoms with E-state index in [2.05, 4.69) is 33.0 Å². The molecule has 1 aliphatic rings. The molecule has 0 bridgehead atoms. The Labute approximate surface area is 139 Å². The minimum absolute atomic E-state index is 0.112. The summed E-state index contributed by atoms with van der Waals surface area (Å²) >= 11 is 0. The Balaban J connectivity index is 1.85. The van der Waals surface area contributed by atoms with Gasteiger partial charge < -0.3 is 10.1 Å². The lowest BCUT2D eigenvalue weighted by Gasteiger charge is -2.35. The smallest absolute Gasteiger partial charge is 0.234 e. The molecule has 2 rings (SSSR count). The maximum absolute atomic E-state index is 12.1. The number of nitrogens with one attached hydrogen (secondary N) is 1. The van der Waals surface area contributed by atoms with Crippen molar-refractivity contribution in [2.24, 2.45) is 0 Å². The third-order valence-corrected chi connectivity index (χ3v) is 4.43. The summed E-state index contributed by atoms with van der Waals surface area (Å²) in [4.78, 5) is 14.4. The van der Waals surface area contributed by atoms with Crippen LogP contribution in [-0.4, -0.2) is 60.0 Å². The van der Waals surface area contributed by atoms with Crippen LogP contribution in [0.25, 0.3) is 0 Å². The van der Waals surface area contributed by atoms with E-state index in [9.17, 15) is 4.79 Å². The molecule has 0 aliphatic carbocycles. The van der Waals surface area contributed by atoms with Gasteiger partial charge in [0.2, 0.25) is 5.91 Å². The molecule has 1 atom stereocenters. The maximum atomic E-state index is 12.1. The van der Waals surface area contributed by atoms with E-state index in [4.69, 9.17) is 4.74 Å². The zero-order chi connectivity index (χ0) is 16.7. The molecule has 6 nitrogen and oxygen atoms in total. The number of rotatable bonds is 8. The zero-order valence-electron chi connectivity index (χ0n) is 14.7. The molecule has 0 unspecified atom stereocenters. The number of hydrogen-bond donors (Lipinski definition) is 1. The number of piperidine rings is 1. The molecule has 6 heteroatoms. The molecule has 1 aliphatic heterocycles. The number of carbonyl (C=O) groups excluding carboxylic acids is 1. The highest BCUT2D eigenvalue weighted by Crippen LogP contribution is 2.19. The summed E-state index contributed by atoms with van der Waals surface area (Å²) in [5, 5.41) is 7.55. The Morgan fingerprint density at radius 1 is 1.43 bits per heavy atom. The van der Waals surface area contributed by atoms with Crippen molar-refractivity contribution >= 4 is 5.91 Å².